The third kappa shape index (κ3) is 31.1. The lowest BCUT2D eigenvalue weighted by Crippen LogP contribution is -2.12. The molecule has 38 heavy (non-hydrogen) atoms. The lowest BCUT2D eigenvalue weighted by molar-refractivity contribution is 0.0563. The van der Waals surface area contributed by atoms with E-state index >= 15 is 0 Å². The molecule has 0 aliphatic rings. The molecule has 0 bridgehead atoms. The molecule has 0 unspecified atom stereocenters. The monoisotopic (exact) mass is 562 g/mol. The minimum absolute atomic E-state index is 0.0978. The first kappa shape index (κ1) is 36.9. The van der Waals surface area contributed by atoms with E-state index in [0.29, 0.717) is 31.8 Å². The van der Waals surface area contributed by atoms with Crippen LogP contribution in [0.4, 0.5) is 4.79 Å². The number of unbranched alkanes of at least 4 members (excludes halogenated alkanes) is 18. The minimum Gasteiger partial charge on any atom is -0.434 e. The molecule has 0 saturated heterocycles. The molecule has 226 valence electrons. The lowest BCUT2D eigenvalue weighted by Gasteiger charge is -2.09. The molecule has 0 N–H and O–H groups in total. The molecular weight excluding hydrogens is 504 g/mol. The third-order valence-electron chi connectivity index (χ3n) is 6.40. The highest BCUT2D eigenvalue weighted by molar-refractivity contribution is 7.85. The van der Waals surface area contributed by atoms with Gasteiger partial charge in [-0.3, -0.25) is 4.18 Å². The van der Waals surface area contributed by atoms with Crippen LogP contribution in [-0.4, -0.2) is 53.9 Å². The number of carbonyl (C=O) groups is 1. The second kappa shape index (κ2) is 27.4. The maximum Gasteiger partial charge on any atom is 0.508 e. The van der Waals surface area contributed by atoms with E-state index in [9.17, 15) is 13.2 Å². The predicted octanol–water partition coefficient (Wildman–Crippen LogP) is 8.51. The SMILES string of the molecule is C=C(COCCCCCCOS(C)(=O)=O)COC(=O)OCCCCCCCCCCCCCCCCCC. The Morgan fingerprint density at radius 2 is 1.00 bits per heavy atom. The summed E-state index contributed by atoms with van der Waals surface area (Å²) in [6.07, 6.45) is 24.8. The van der Waals surface area contributed by atoms with Gasteiger partial charge >= 0.3 is 6.16 Å². The van der Waals surface area contributed by atoms with Crippen LogP contribution in [0.2, 0.25) is 0 Å². The molecule has 0 heterocycles. The fourth-order valence-corrected chi connectivity index (χ4v) is 4.56. The van der Waals surface area contributed by atoms with Gasteiger partial charge in [0.2, 0.25) is 0 Å². The second-order valence-electron chi connectivity index (χ2n) is 10.4. The molecule has 0 atom stereocenters. The zero-order valence-corrected chi connectivity index (χ0v) is 25.5. The molecule has 0 amide bonds. The van der Waals surface area contributed by atoms with Crippen molar-refractivity contribution in [2.24, 2.45) is 0 Å². The van der Waals surface area contributed by atoms with Crippen molar-refractivity contribution in [2.75, 3.05) is 39.3 Å². The van der Waals surface area contributed by atoms with E-state index in [1.807, 2.05) is 0 Å². The number of carbonyl (C=O) groups excluding carboxylic acids is 1. The van der Waals surface area contributed by atoms with E-state index in [2.05, 4.69) is 13.5 Å². The zero-order chi connectivity index (χ0) is 28.2. The van der Waals surface area contributed by atoms with Gasteiger partial charge in [-0.25, -0.2) is 4.79 Å². The Bertz CT molecular complexity index is 649. The van der Waals surface area contributed by atoms with E-state index in [1.165, 1.54) is 89.9 Å². The van der Waals surface area contributed by atoms with Crippen molar-refractivity contribution >= 4 is 16.3 Å². The molecular formula is C30H58O7S. The standard InChI is InChI=1S/C30H58O7S/c1-4-5-6-7-8-9-10-11-12-13-14-15-16-17-18-22-25-35-30(31)36-28-29(2)27-34-24-21-19-20-23-26-37-38(3,32)33/h2,4-28H2,1,3H3. The molecule has 0 aliphatic carbocycles. The van der Waals surface area contributed by atoms with Crippen LogP contribution in [0.1, 0.15) is 135 Å². The summed E-state index contributed by atoms with van der Waals surface area (Å²) in [4.78, 5) is 11.7. The van der Waals surface area contributed by atoms with Crippen LogP contribution >= 0.6 is 0 Å². The molecule has 0 fully saturated rings. The topological polar surface area (TPSA) is 88.1 Å². The molecule has 0 aromatic heterocycles. The molecule has 0 saturated carbocycles. The Labute approximate surface area is 234 Å². The Hall–Kier alpha value is -1.12. The van der Waals surface area contributed by atoms with Crippen LogP contribution in [0.15, 0.2) is 12.2 Å². The van der Waals surface area contributed by atoms with E-state index in [-0.39, 0.29) is 13.2 Å². The number of hydrogen-bond acceptors (Lipinski definition) is 7. The summed E-state index contributed by atoms with van der Waals surface area (Å²) >= 11 is 0. The summed E-state index contributed by atoms with van der Waals surface area (Å²) in [6.45, 7) is 7.77. The summed E-state index contributed by atoms with van der Waals surface area (Å²) in [5.74, 6) is 0. The minimum atomic E-state index is -3.34. The highest BCUT2D eigenvalue weighted by atomic mass is 32.2. The Morgan fingerprint density at radius 3 is 1.47 bits per heavy atom. The van der Waals surface area contributed by atoms with Crippen molar-refractivity contribution in [3.05, 3.63) is 12.2 Å². The molecule has 0 aliphatic heterocycles. The van der Waals surface area contributed by atoms with Gasteiger partial charge in [-0.1, -0.05) is 123 Å². The van der Waals surface area contributed by atoms with E-state index in [4.69, 9.17) is 18.4 Å². The molecule has 0 spiro atoms. The maximum atomic E-state index is 11.7. The van der Waals surface area contributed by atoms with Crippen LogP contribution in [-0.2, 0) is 28.5 Å². The van der Waals surface area contributed by atoms with Crippen molar-refractivity contribution < 1.29 is 31.6 Å². The second-order valence-corrected chi connectivity index (χ2v) is 12.1. The van der Waals surface area contributed by atoms with E-state index in [1.54, 1.807) is 0 Å². The van der Waals surface area contributed by atoms with Gasteiger partial charge in [-0.05, 0) is 24.8 Å². The summed E-state index contributed by atoms with van der Waals surface area (Å²) < 4.78 is 42.1. The normalized spacial score (nSPS) is 11.5. The van der Waals surface area contributed by atoms with Gasteiger partial charge in [0, 0.05) is 6.61 Å². The van der Waals surface area contributed by atoms with Crippen LogP contribution in [0.3, 0.4) is 0 Å². The Morgan fingerprint density at radius 1 is 0.579 bits per heavy atom. The quantitative estimate of drug-likeness (QED) is 0.0391. The van der Waals surface area contributed by atoms with Crippen LogP contribution < -0.4 is 0 Å². The summed E-state index contributed by atoms with van der Waals surface area (Å²) in [7, 11) is -3.34. The van der Waals surface area contributed by atoms with Crippen molar-refractivity contribution in [1.29, 1.82) is 0 Å². The van der Waals surface area contributed by atoms with Gasteiger partial charge in [0.05, 0.1) is 26.1 Å². The third-order valence-corrected chi connectivity index (χ3v) is 6.99. The zero-order valence-electron chi connectivity index (χ0n) is 24.7. The number of rotatable bonds is 29. The highest BCUT2D eigenvalue weighted by Crippen LogP contribution is 2.14. The first-order chi connectivity index (χ1) is 18.3. The van der Waals surface area contributed by atoms with Crippen LogP contribution in [0.25, 0.3) is 0 Å². The number of ether oxygens (including phenoxy) is 3. The average molecular weight is 563 g/mol. The molecule has 0 aromatic carbocycles. The van der Waals surface area contributed by atoms with Crippen molar-refractivity contribution in [2.45, 2.75) is 135 Å². The Kier molecular flexibility index (Phi) is 26.6. The molecule has 0 rings (SSSR count). The van der Waals surface area contributed by atoms with E-state index < -0.39 is 16.3 Å². The summed E-state index contributed by atoms with van der Waals surface area (Å²) in [5.41, 5.74) is 0.686. The smallest absolute Gasteiger partial charge is 0.434 e. The fourth-order valence-electron chi connectivity index (χ4n) is 4.14. The molecule has 8 heteroatoms. The van der Waals surface area contributed by atoms with Crippen molar-refractivity contribution in [3.8, 4) is 0 Å². The Balaban J connectivity index is 3.31. The highest BCUT2D eigenvalue weighted by Gasteiger charge is 2.05. The van der Waals surface area contributed by atoms with Gasteiger partial charge in [-0.15, -0.1) is 0 Å². The molecule has 7 nitrogen and oxygen atoms in total. The largest absolute Gasteiger partial charge is 0.508 e. The average Bonchev–Trinajstić information content (AvgIpc) is 2.87. The van der Waals surface area contributed by atoms with Crippen LogP contribution in [0.5, 0.6) is 0 Å². The molecule has 0 radical (unpaired) electrons. The van der Waals surface area contributed by atoms with Gasteiger partial charge in [-0.2, -0.15) is 8.42 Å². The fraction of sp³-hybridized carbons (Fsp3) is 0.900. The molecule has 0 aromatic rings. The van der Waals surface area contributed by atoms with Gasteiger partial charge in [0.15, 0.2) is 0 Å². The summed E-state index contributed by atoms with van der Waals surface area (Å²) in [6, 6.07) is 0. The first-order valence-corrected chi connectivity index (χ1v) is 17.0. The van der Waals surface area contributed by atoms with Crippen molar-refractivity contribution in [1.82, 2.24) is 0 Å². The number of hydrogen-bond donors (Lipinski definition) is 0. The van der Waals surface area contributed by atoms with Gasteiger partial charge in [0.25, 0.3) is 10.1 Å². The maximum absolute atomic E-state index is 11.7. The lowest BCUT2D eigenvalue weighted by atomic mass is 10.0. The van der Waals surface area contributed by atoms with E-state index in [0.717, 1.165) is 38.4 Å². The van der Waals surface area contributed by atoms with Crippen molar-refractivity contribution in [3.63, 3.8) is 0 Å². The van der Waals surface area contributed by atoms with Gasteiger partial charge in [0.1, 0.15) is 6.61 Å². The van der Waals surface area contributed by atoms with Gasteiger partial charge < -0.3 is 14.2 Å². The summed E-state index contributed by atoms with van der Waals surface area (Å²) in [5, 5.41) is 0. The predicted molar refractivity (Wildman–Crippen MR) is 156 cm³/mol. The first-order valence-electron chi connectivity index (χ1n) is 15.2. The van der Waals surface area contributed by atoms with Crippen LogP contribution in [0, 0.1) is 0 Å².